The molecule has 15 rings (SSSR count). The molecule has 0 saturated carbocycles. The fraction of sp³-hybridized carbons (Fsp3) is 0.250. The van der Waals surface area contributed by atoms with Gasteiger partial charge in [-0.25, -0.2) is 9.97 Å². The summed E-state index contributed by atoms with van der Waals surface area (Å²) < 4.78 is 0. The fourth-order valence-corrected chi connectivity index (χ4v) is 23.5. The van der Waals surface area contributed by atoms with Crippen LogP contribution in [0.1, 0.15) is 151 Å². The van der Waals surface area contributed by atoms with Crippen LogP contribution in [0.4, 0.5) is 0 Å². The predicted molar refractivity (Wildman–Crippen MR) is 423 cm³/mol. The van der Waals surface area contributed by atoms with E-state index in [1.165, 1.54) is 134 Å². The summed E-state index contributed by atoms with van der Waals surface area (Å²) in [5.41, 5.74) is 23.0. The molecule has 0 atom stereocenters. The number of unbranched alkanes of at least 4 members (excludes halogenated alkanes) is 4. The molecule has 4 nitrogen and oxygen atoms in total. The molecule has 0 aromatic carbocycles. The van der Waals surface area contributed by atoms with Gasteiger partial charge < -0.3 is 9.97 Å². The van der Waals surface area contributed by atoms with Crippen LogP contribution in [0.3, 0.4) is 0 Å². The SMILES string of the molecule is CCCCC1=C(C)c2nc1cc1[n-]c(c(C)c1CCCC)c(-c1cc(-c3ccc(-c4ccc(-c5cccs5)s4)s3)sc1-c1cccs1)c1nc(cc3[n-]c(c(C)c3CCCC)c2-c2cc(-c3ccc(-c4ccc(-c5cccs5)s4)s3)sc2-c2cccs2)C(CCCC)=C1C.[Ni+2]. The molecule has 0 amide bonds. The van der Waals surface area contributed by atoms with Crippen LogP contribution in [0.5, 0.6) is 0 Å². The van der Waals surface area contributed by atoms with Crippen molar-refractivity contribution in [1.82, 2.24) is 19.9 Å². The van der Waals surface area contributed by atoms with Gasteiger partial charge in [0.25, 0.3) is 0 Å². The van der Waals surface area contributed by atoms with E-state index in [0.29, 0.717) is 0 Å². The third-order valence-corrected chi connectivity index (χ3v) is 30.1. The molecule has 2 aliphatic heterocycles. The van der Waals surface area contributed by atoms with Gasteiger partial charge in [-0.05, 0) is 219 Å². The van der Waals surface area contributed by atoms with Gasteiger partial charge in [0.15, 0.2) is 0 Å². The van der Waals surface area contributed by atoms with Crippen LogP contribution in [0.2, 0.25) is 0 Å². The molecule has 0 aliphatic carbocycles. The normalized spacial score (nSPS) is 12.5. The van der Waals surface area contributed by atoms with Gasteiger partial charge in [0.05, 0.1) is 32.5 Å². The molecule has 8 bridgehead atoms. The molecule has 0 spiro atoms. The van der Waals surface area contributed by atoms with Crippen LogP contribution in [-0.2, 0) is 29.3 Å². The number of nitrogens with zero attached hydrogens (tertiary/aromatic N) is 4. The van der Waals surface area contributed by atoms with Crippen LogP contribution in [0.15, 0.2) is 143 Å². The average molecular weight is 1470 g/mol. The zero-order chi connectivity index (χ0) is 64.1. The molecule has 482 valence electrons. The van der Waals surface area contributed by atoms with Crippen LogP contribution < -0.4 is 9.97 Å². The Kier molecular flexibility index (Phi) is 20.2. The van der Waals surface area contributed by atoms with Crippen molar-refractivity contribution in [2.24, 2.45) is 0 Å². The van der Waals surface area contributed by atoms with E-state index in [0.717, 1.165) is 133 Å². The quantitative estimate of drug-likeness (QED) is 0.0635. The van der Waals surface area contributed by atoms with Gasteiger partial charge in [-0.3, -0.25) is 0 Å². The zero-order valence-corrected chi connectivity index (χ0v) is 63.7. The second-order valence-corrected chi connectivity index (χ2v) is 34.8. The number of thiophene rings is 10. The second-order valence-electron chi connectivity index (χ2n) is 24.5. The number of allylic oxidation sites excluding steroid dienone is 4. The first-order valence-electron chi connectivity index (χ1n) is 33.0. The first kappa shape index (κ1) is 66.3. The summed E-state index contributed by atoms with van der Waals surface area (Å²) in [7, 11) is 0. The van der Waals surface area contributed by atoms with Crippen LogP contribution in [0, 0.1) is 13.8 Å². The molecule has 0 unspecified atom stereocenters. The van der Waals surface area contributed by atoms with Gasteiger partial charge in [-0.1, -0.05) is 112 Å². The molecule has 2 aliphatic rings. The van der Waals surface area contributed by atoms with Crippen molar-refractivity contribution in [3.8, 4) is 100 Å². The van der Waals surface area contributed by atoms with Crippen molar-refractivity contribution in [3.63, 3.8) is 0 Å². The Bertz CT molecular complexity index is 4810. The number of aryl methyl sites for hydroxylation is 4. The monoisotopic (exact) mass is 1470 g/mol. The first-order valence-corrected chi connectivity index (χ1v) is 41.4. The molecular weight excluding hydrogens is 1400 g/mol. The number of fused-ring (bicyclic) bond motifs is 8. The smallest absolute Gasteiger partial charge is 0.657 e. The minimum Gasteiger partial charge on any atom is -0.657 e. The van der Waals surface area contributed by atoms with Crippen molar-refractivity contribution in [3.05, 3.63) is 188 Å². The Morgan fingerprint density at radius 2 is 0.663 bits per heavy atom. The Hall–Kier alpha value is -5.91. The minimum absolute atomic E-state index is 0. The summed E-state index contributed by atoms with van der Waals surface area (Å²) in [4.78, 5) is 44.8. The third kappa shape index (κ3) is 12.8. The van der Waals surface area contributed by atoms with Crippen molar-refractivity contribution in [2.75, 3.05) is 0 Å². The van der Waals surface area contributed by atoms with Crippen LogP contribution >= 0.6 is 113 Å². The van der Waals surface area contributed by atoms with Crippen LogP contribution in [0.25, 0.3) is 145 Å². The number of hydrogen-bond donors (Lipinski definition) is 0. The molecule has 15 heterocycles. The van der Waals surface area contributed by atoms with E-state index >= 15 is 0 Å². The van der Waals surface area contributed by atoms with E-state index in [1.54, 1.807) is 0 Å². The Morgan fingerprint density at radius 1 is 0.347 bits per heavy atom. The fourth-order valence-electron chi connectivity index (χ4n) is 13.4. The second kappa shape index (κ2) is 28.9. The number of rotatable bonds is 22. The maximum Gasteiger partial charge on any atom is 2.00 e. The summed E-state index contributed by atoms with van der Waals surface area (Å²) in [6, 6.07) is 46.1. The summed E-state index contributed by atoms with van der Waals surface area (Å²) in [6.07, 6.45) is 12.3. The van der Waals surface area contributed by atoms with E-state index in [-0.39, 0.29) is 16.5 Å². The number of hydrogen-bond acceptors (Lipinski definition) is 12. The summed E-state index contributed by atoms with van der Waals surface area (Å²) in [5, 5.41) is 8.80. The summed E-state index contributed by atoms with van der Waals surface area (Å²) >= 11 is 18.6. The first-order chi connectivity index (χ1) is 46.1. The topological polar surface area (TPSA) is 54.0 Å². The van der Waals surface area contributed by atoms with Gasteiger partial charge in [-0.2, -0.15) is 0 Å². The average Bonchev–Trinajstić information content (AvgIpc) is 1.59. The Morgan fingerprint density at radius 3 is 0.989 bits per heavy atom. The molecular formula is C80H72N4NiS10. The van der Waals surface area contributed by atoms with Crippen LogP contribution in [-0.4, -0.2) is 9.97 Å². The summed E-state index contributed by atoms with van der Waals surface area (Å²) in [5.74, 6) is 0. The maximum absolute atomic E-state index is 6.06. The van der Waals surface area contributed by atoms with Crippen molar-refractivity contribution < 1.29 is 16.5 Å². The van der Waals surface area contributed by atoms with Crippen molar-refractivity contribution >= 4 is 158 Å². The standard InChI is InChI=1S/C80H72N4S10.Ni/c1-9-13-21-49-45(5)75-73(53-41-71(93-79(53)69-27-19-39-87-69)67-35-33-65(91-67)63-31-29-61(89-63)59-25-17-37-85-59)76-47(7)51(23-15-11-3)57(83-76)44-58-52(24-16-12-4)48(8)78(84-58)74(77-46(6)50(22-14-10-2)56(82-77)43-55(49)81-75)54-42-72(94-80(54)70-28-20-40-88-70)68-36-34-66(92-68)64-32-30-62(90-64)60-26-18-38-86-60;/h17-20,25-44H,9-16,21-24H2,1-8H3;/q-2;+2. The Labute approximate surface area is 608 Å². The predicted octanol–water partition coefficient (Wildman–Crippen LogP) is 28.4. The molecule has 95 heavy (non-hydrogen) atoms. The van der Waals surface area contributed by atoms with Gasteiger partial charge in [0, 0.05) is 79.4 Å². The van der Waals surface area contributed by atoms with E-state index in [9.17, 15) is 0 Å². The summed E-state index contributed by atoms with van der Waals surface area (Å²) in [6.45, 7) is 18.7. The van der Waals surface area contributed by atoms with Gasteiger partial charge in [0.1, 0.15) is 0 Å². The van der Waals surface area contributed by atoms with E-state index < -0.39 is 0 Å². The molecule has 13 aromatic rings. The molecule has 13 aromatic heterocycles. The molecule has 0 N–H and O–H groups in total. The van der Waals surface area contributed by atoms with E-state index in [2.05, 4.69) is 198 Å². The zero-order valence-electron chi connectivity index (χ0n) is 54.5. The third-order valence-electron chi connectivity index (χ3n) is 18.4. The Balaban J connectivity index is 0.00000778. The maximum atomic E-state index is 6.06. The van der Waals surface area contributed by atoms with Crippen molar-refractivity contribution in [2.45, 2.75) is 132 Å². The van der Waals surface area contributed by atoms with E-state index in [1.807, 2.05) is 113 Å². The number of aromatic nitrogens is 4. The van der Waals surface area contributed by atoms with Crippen molar-refractivity contribution in [1.29, 1.82) is 0 Å². The molecule has 0 saturated heterocycles. The van der Waals surface area contributed by atoms with Gasteiger partial charge >= 0.3 is 16.5 Å². The van der Waals surface area contributed by atoms with Gasteiger partial charge in [0.2, 0.25) is 0 Å². The largest absolute Gasteiger partial charge is 2.00 e. The molecule has 0 fully saturated rings. The van der Waals surface area contributed by atoms with E-state index in [4.69, 9.17) is 19.9 Å². The minimum atomic E-state index is 0. The van der Waals surface area contributed by atoms with Gasteiger partial charge in [-0.15, -0.1) is 135 Å². The molecule has 0 radical (unpaired) electrons. The molecule has 15 heteroatoms.